The molecule has 22 fully saturated rings. The van der Waals surface area contributed by atoms with Crippen LogP contribution in [0.5, 0.6) is 0 Å². The van der Waals surface area contributed by atoms with Crippen LogP contribution in [0, 0.1) is 0 Å². The van der Waals surface area contributed by atoms with Gasteiger partial charge in [0.15, 0.2) is 37.7 Å². The average Bonchev–Trinajstić information content (AvgIpc) is 0.753. The van der Waals surface area contributed by atoms with Gasteiger partial charge in [0.25, 0.3) is 0 Å². The number of anilines is 3. The van der Waals surface area contributed by atoms with Crippen molar-refractivity contribution in [3.05, 3.63) is 176 Å². The molecular weight excluding hydrogens is 1970 g/mol. The monoisotopic (exact) mass is 2120 g/mol. The number of amides is 3. The zero-order valence-electron chi connectivity index (χ0n) is 87.8. The number of aromatic nitrogens is 6. The number of carbonyl (C=O) groups is 3. The molecule has 3 aromatic heterocycles. The van der Waals surface area contributed by atoms with Crippen LogP contribution >= 0.6 is 0 Å². The molecule has 28 rings (SSSR count). The molecule has 0 unspecified atom stereocenters. The molecule has 150 heavy (non-hydrogen) atoms. The molecule has 0 spiro atoms. The third-order valence-electron chi connectivity index (χ3n) is 27.2. The molecule has 6 aromatic rings. The molecule has 12 bridgehead atoms. The highest BCUT2D eigenvalue weighted by atomic mass is 16.8. The molecule has 0 saturated carbocycles. The number of benzene rings is 3. The largest absolute Gasteiger partial charge is 0.405 e. The fourth-order valence-electron chi connectivity index (χ4n) is 19.6. The Labute approximate surface area is 871 Å². The molecular formula is C102H150N12O36. The Kier molecular flexibility index (Phi) is 47.7. The molecule has 6 N–H and O–H groups in total. The van der Waals surface area contributed by atoms with Gasteiger partial charge in [0.05, 0.1) is 38.4 Å². The fourth-order valence-corrected chi connectivity index (χ4v) is 19.6. The minimum atomic E-state index is -1.43. The molecule has 22 saturated heterocycles. The van der Waals surface area contributed by atoms with E-state index in [2.05, 4.69) is 46.9 Å². The first-order chi connectivity index (χ1) is 73.2. The van der Waals surface area contributed by atoms with Gasteiger partial charge in [0.1, 0.15) is 184 Å². The Morgan fingerprint density at radius 2 is 0.480 bits per heavy atom. The van der Waals surface area contributed by atoms with Crippen LogP contribution in [0.15, 0.2) is 142 Å². The SMILES string of the molecule is COC[C@H]1O[C@@H]2O[C@H]3[C@H](OC)[C@@H](OC)[C@@H](O[C@H]4[C@H](OC)[C@@H](OC)[C@@H](O[C@H]5[C@H](OC)[C@@H](OC)[C@@H](O[C@H]6[C@H](OC)[C@@H](OC)[C@@H](O[C@H]7[C@H](OC)[C@@H](OC)[C@@H](O[C@H]1[C@H](OC)[C@H]2OC)O[C@@H]7CNC(=O)CCCCCNc1ccn(OCc2ccccc2)c(=O)n1)O[C@@H]6COC)O[C@@H]5CNC(=O)CCCCCNc1ccn(OCc2ccccc2)c(=O)n1)O[C@@H]4COC)O[C@@H]3CNC(=O)CCCCCNc1ccn(OCc2ccccc2)c(=O)n1. The number of methoxy groups -OCH3 is 15. The number of rotatable bonds is 54. The topological polar surface area (TPSA) is 505 Å². The normalized spacial score (nSPS) is 30.6. The van der Waals surface area contributed by atoms with Crippen molar-refractivity contribution in [1.29, 1.82) is 0 Å². The third-order valence-corrected chi connectivity index (χ3v) is 27.2. The summed E-state index contributed by atoms with van der Waals surface area (Å²) in [7, 11) is 21.9. The number of unbranched alkanes of at least 4 members (excludes halogenated alkanes) is 6. The van der Waals surface area contributed by atoms with E-state index in [4.69, 9.17) is 142 Å². The molecule has 25 heterocycles. The molecule has 22 aliphatic heterocycles. The summed E-state index contributed by atoms with van der Waals surface area (Å²) >= 11 is 0. The summed E-state index contributed by atoms with van der Waals surface area (Å²) in [5.41, 5.74) is 0.876. The Hall–Kier alpha value is -9.57. The van der Waals surface area contributed by atoms with Gasteiger partial charge in [-0.05, 0) is 55.2 Å². The summed E-state index contributed by atoms with van der Waals surface area (Å²) in [5, 5.41) is 18.9. The molecule has 834 valence electrons. The van der Waals surface area contributed by atoms with Gasteiger partial charge in [0, 0.05) is 183 Å². The van der Waals surface area contributed by atoms with Crippen LogP contribution in [-0.2, 0) is 162 Å². The highest BCUT2D eigenvalue weighted by Gasteiger charge is 2.62. The van der Waals surface area contributed by atoms with Crippen molar-refractivity contribution in [3.63, 3.8) is 0 Å². The van der Waals surface area contributed by atoms with Crippen LogP contribution in [0.1, 0.15) is 93.7 Å². The lowest BCUT2D eigenvalue weighted by Crippen LogP contribution is -2.70. The zero-order valence-corrected chi connectivity index (χ0v) is 87.8. The van der Waals surface area contributed by atoms with Crippen molar-refractivity contribution < 1.29 is 157 Å². The van der Waals surface area contributed by atoms with E-state index in [9.17, 15) is 28.8 Å². The van der Waals surface area contributed by atoms with Crippen molar-refractivity contribution in [3.8, 4) is 0 Å². The van der Waals surface area contributed by atoms with Gasteiger partial charge in [-0.2, -0.15) is 15.0 Å². The number of carbonyl (C=O) groups excluding carboxylic acids is 3. The molecule has 0 aliphatic carbocycles. The highest BCUT2D eigenvalue weighted by Crippen LogP contribution is 2.43. The summed E-state index contributed by atoms with van der Waals surface area (Å²) in [6.45, 7) is 0.651. The van der Waals surface area contributed by atoms with Crippen molar-refractivity contribution in [2.75, 3.05) is 182 Å². The minimum absolute atomic E-state index is 0.0808. The fraction of sp³-hybridized carbons (Fsp3) is 0.676. The van der Waals surface area contributed by atoms with Crippen molar-refractivity contribution >= 4 is 35.2 Å². The van der Waals surface area contributed by atoms with Crippen molar-refractivity contribution in [1.82, 2.24) is 45.1 Å². The van der Waals surface area contributed by atoms with Gasteiger partial charge in [-0.15, -0.1) is 14.2 Å². The lowest BCUT2D eigenvalue weighted by molar-refractivity contribution is -0.407. The van der Waals surface area contributed by atoms with E-state index in [-0.39, 0.29) is 96.3 Å². The lowest BCUT2D eigenvalue weighted by Gasteiger charge is -2.53. The molecule has 3 amide bonds. The first kappa shape index (κ1) is 117. The number of hydrogen-bond acceptors (Lipinski definition) is 42. The standard InChI is InChI=1S/C102H150N12O36/c1-121-58-67-79-85(127-7)91(133-13)97(142-67)145-76-64(52-106-73(115)40-28-19-31-46-103-70-43-49-112(100(118)109-70)136-55-61-34-22-16-23-35-61)140-95(89(131-11)82(76)124-4)149-80-68(59-122-2)144-99(93(135-15)86(80)128-8)147-78-66(54-108-75(117)42-30-21-33-48-105-72-45-51-114(102(120)111-72)138-57-63-38-26-18-27-39-63)141-96(90(132-12)84(78)126-6)150-81-69(60-123-3)143-98(92(134-14)87(81)129-9)146-77-65(139-94(148-79)88(130-10)83(77)125-5)53-107-74(116)41-29-20-32-47-104-71-44-50-113(101(119)110-71)137-56-62-36-24-17-25-37-62/h16-18,22-27,34-39,43-45,49-51,64-69,76-99H,19-21,28-33,40-42,46-48,52-60H2,1-15H3,(H,106,115)(H,107,116)(H,108,117)(H,103,109,118)(H,104,110,119)(H,105,111,120)/t64-,65-,66-,67-,68-,69-,76-,77-,78-,79-,80-,81-,82+,83+,84+,85+,86+,87+,88-,89-,90-,91-,92-,93-,94-,95-,96-,97-,98-,99-/m1/s1. The molecule has 48 nitrogen and oxygen atoms in total. The molecule has 48 heteroatoms. The van der Waals surface area contributed by atoms with E-state index in [1.54, 1.807) is 18.2 Å². The number of hydrogen-bond donors (Lipinski definition) is 6. The smallest absolute Gasteiger partial charge is 0.382 e. The molecule has 30 atom stereocenters. The minimum Gasteiger partial charge on any atom is -0.405 e. The van der Waals surface area contributed by atoms with E-state index in [1.165, 1.54) is 125 Å². The summed E-state index contributed by atoms with van der Waals surface area (Å²) in [6.07, 6.45) is -27.0. The van der Waals surface area contributed by atoms with Gasteiger partial charge in [-0.1, -0.05) is 110 Å². The second-order valence-corrected chi connectivity index (χ2v) is 36.8. The van der Waals surface area contributed by atoms with Gasteiger partial charge >= 0.3 is 17.1 Å². The van der Waals surface area contributed by atoms with Crippen LogP contribution in [0.4, 0.5) is 17.5 Å². The first-order valence-corrected chi connectivity index (χ1v) is 50.7. The molecule has 3 aromatic carbocycles. The lowest BCUT2D eigenvalue weighted by atomic mass is 9.94. The third kappa shape index (κ3) is 31.6. The average molecular weight is 2120 g/mol. The van der Waals surface area contributed by atoms with Gasteiger partial charge < -0.3 is 174 Å². The summed E-state index contributed by atoms with van der Waals surface area (Å²) in [4.78, 5) is 112. The van der Waals surface area contributed by atoms with Crippen LogP contribution in [0.25, 0.3) is 0 Å². The van der Waals surface area contributed by atoms with E-state index >= 15 is 0 Å². The van der Waals surface area contributed by atoms with Crippen molar-refractivity contribution in [2.45, 2.75) is 281 Å². The van der Waals surface area contributed by atoms with E-state index in [0.29, 0.717) is 94.9 Å². The predicted molar refractivity (Wildman–Crippen MR) is 532 cm³/mol. The van der Waals surface area contributed by atoms with Crippen LogP contribution in [-0.4, -0.2) is 397 Å². The van der Waals surface area contributed by atoms with E-state index in [1.807, 2.05) is 91.0 Å². The second-order valence-electron chi connectivity index (χ2n) is 36.8. The number of ether oxygens (including phenoxy) is 27. The Bertz CT molecular complexity index is 4650. The van der Waals surface area contributed by atoms with Gasteiger partial charge in [0.2, 0.25) is 17.7 Å². The van der Waals surface area contributed by atoms with Crippen LogP contribution in [0.2, 0.25) is 0 Å². The Morgan fingerprint density at radius 3 is 0.687 bits per heavy atom. The second kappa shape index (κ2) is 60.9. The van der Waals surface area contributed by atoms with Crippen LogP contribution < -0.4 is 63.5 Å². The van der Waals surface area contributed by atoms with E-state index in [0.717, 1.165) is 30.9 Å². The maximum absolute atomic E-state index is 14.4. The predicted octanol–water partition coefficient (Wildman–Crippen LogP) is 2.70. The maximum atomic E-state index is 14.4. The number of nitrogens with one attached hydrogen (secondary N) is 6. The Balaban J connectivity index is 0.791. The van der Waals surface area contributed by atoms with E-state index < -0.39 is 201 Å². The quantitative estimate of drug-likeness (QED) is 0.0299. The first-order valence-electron chi connectivity index (χ1n) is 50.7. The summed E-state index contributed by atoms with van der Waals surface area (Å²) in [6, 6.07) is 33.2. The zero-order chi connectivity index (χ0) is 106. The highest BCUT2D eigenvalue weighted by molar-refractivity contribution is 5.76. The summed E-state index contributed by atoms with van der Waals surface area (Å²) < 4.78 is 185. The summed E-state index contributed by atoms with van der Waals surface area (Å²) in [5.74, 6) is 0.0536. The Morgan fingerprint density at radius 1 is 0.267 bits per heavy atom. The van der Waals surface area contributed by atoms with Gasteiger partial charge in [-0.3, -0.25) is 14.4 Å². The molecule has 0 radical (unpaired) electrons. The molecule has 22 aliphatic rings. The number of nitrogens with zero attached hydrogens (tertiary/aromatic N) is 6. The van der Waals surface area contributed by atoms with Crippen LogP contribution in [0.3, 0.4) is 0 Å². The maximum Gasteiger partial charge on any atom is 0.382 e. The van der Waals surface area contributed by atoms with Gasteiger partial charge in [-0.25, -0.2) is 14.4 Å². The van der Waals surface area contributed by atoms with Crippen molar-refractivity contribution in [2.24, 2.45) is 0 Å².